The highest BCUT2D eigenvalue weighted by molar-refractivity contribution is 6.04. The Morgan fingerprint density at radius 3 is 2.61 bits per heavy atom. The summed E-state index contributed by atoms with van der Waals surface area (Å²) in [7, 11) is 0. The number of imidazole rings is 1. The molecule has 33 heavy (non-hydrogen) atoms. The summed E-state index contributed by atoms with van der Waals surface area (Å²) >= 11 is 0. The van der Waals surface area contributed by atoms with Gasteiger partial charge in [-0.1, -0.05) is 29.4 Å². The summed E-state index contributed by atoms with van der Waals surface area (Å²) in [5, 5.41) is 6.88. The second-order valence-electron chi connectivity index (χ2n) is 7.75. The summed E-state index contributed by atoms with van der Waals surface area (Å²) in [6, 6.07) is 22.5. The zero-order valence-corrected chi connectivity index (χ0v) is 18.3. The number of ether oxygens (including phenoxy) is 1. The number of carbonyl (C=O) groups excluding carboxylic acids is 1. The molecule has 3 aromatic carbocycles. The Kier molecular flexibility index (Phi) is 5.36. The lowest BCUT2D eigenvalue weighted by Gasteiger charge is -2.09. The Morgan fingerprint density at radius 2 is 1.85 bits per heavy atom. The van der Waals surface area contributed by atoms with Crippen molar-refractivity contribution in [2.75, 3.05) is 5.32 Å². The zero-order chi connectivity index (χ0) is 22.8. The molecule has 2 heterocycles. The number of H-pyrrole nitrogens is 1. The van der Waals surface area contributed by atoms with Gasteiger partial charge < -0.3 is 19.6 Å². The van der Waals surface area contributed by atoms with E-state index >= 15 is 0 Å². The summed E-state index contributed by atoms with van der Waals surface area (Å²) < 4.78 is 11.0. The lowest BCUT2D eigenvalue weighted by molar-refractivity contribution is 0.102. The highest BCUT2D eigenvalue weighted by Crippen LogP contribution is 2.24. The van der Waals surface area contributed by atoms with Crippen LogP contribution in [0.15, 0.2) is 77.3 Å². The molecule has 0 aliphatic rings. The van der Waals surface area contributed by atoms with E-state index in [1.165, 1.54) is 0 Å². The molecular formula is C26H22N4O3. The fraction of sp³-hybridized carbons (Fsp3) is 0.115. The molecule has 5 rings (SSSR count). The van der Waals surface area contributed by atoms with Crippen LogP contribution in [-0.2, 0) is 6.61 Å². The number of hydrogen-bond acceptors (Lipinski definition) is 5. The van der Waals surface area contributed by atoms with E-state index in [9.17, 15) is 4.79 Å². The Labute approximate surface area is 190 Å². The summed E-state index contributed by atoms with van der Waals surface area (Å²) in [6.07, 6.45) is 0. The van der Waals surface area contributed by atoms with Crippen LogP contribution in [0.5, 0.6) is 5.75 Å². The Balaban J connectivity index is 1.26. The molecule has 7 heteroatoms. The largest absolute Gasteiger partial charge is 0.489 e. The van der Waals surface area contributed by atoms with Crippen LogP contribution in [0.3, 0.4) is 0 Å². The maximum atomic E-state index is 12.8. The van der Waals surface area contributed by atoms with Gasteiger partial charge in [-0.2, -0.15) is 0 Å². The van der Waals surface area contributed by atoms with Gasteiger partial charge in [-0.3, -0.25) is 4.79 Å². The number of para-hydroxylation sites is 2. The summed E-state index contributed by atoms with van der Waals surface area (Å²) in [5.74, 6) is 1.97. The van der Waals surface area contributed by atoms with Crippen LogP contribution < -0.4 is 10.1 Å². The third kappa shape index (κ3) is 4.34. The molecule has 0 unspecified atom stereocenters. The van der Waals surface area contributed by atoms with Gasteiger partial charge in [0.2, 0.25) is 0 Å². The van der Waals surface area contributed by atoms with E-state index < -0.39 is 0 Å². The molecule has 0 radical (unpaired) electrons. The average Bonchev–Trinajstić information content (AvgIpc) is 3.41. The molecule has 0 saturated carbocycles. The molecule has 2 N–H and O–H groups in total. The molecule has 0 fully saturated rings. The number of hydrogen-bond donors (Lipinski definition) is 2. The second kappa shape index (κ2) is 8.63. The van der Waals surface area contributed by atoms with Crippen LogP contribution in [0.1, 0.15) is 27.4 Å². The van der Waals surface area contributed by atoms with Crippen molar-refractivity contribution in [1.82, 2.24) is 15.1 Å². The van der Waals surface area contributed by atoms with Gasteiger partial charge in [0.15, 0.2) is 0 Å². The minimum absolute atomic E-state index is 0.200. The van der Waals surface area contributed by atoms with Crippen molar-refractivity contribution < 1.29 is 14.1 Å². The number of fused-ring (bicyclic) bond motifs is 1. The number of benzene rings is 3. The number of carbonyl (C=O) groups is 1. The van der Waals surface area contributed by atoms with Gasteiger partial charge in [-0.15, -0.1) is 0 Å². The maximum Gasteiger partial charge on any atom is 0.255 e. The number of anilines is 1. The van der Waals surface area contributed by atoms with E-state index in [-0.39, 0.29) is 5.91 Å². The first-order valence-corrected chi connectivity index (χ1v) is 10.6. The number of amides is 1. The van der Waals surface area contributed by atoms with E-state index in [1.54, 1.807) is 24.3 Å². The minimum Gasteiger partial charge on any atom is -0.489 e. The molecule has 1 amide bonds. The van der Waals surface area contributed by atoms with E-state index in [0.717, 1.165) is 39.4 Å². The predicted octanol–water partition coefficient (Wildman–Crippen LogP) is 5.67. The van der Waals surface area contributed by atoms with Crippen molar-refractivity contribution in [2.45, 2.75) is 20.5 Å². The monoisotopic (exact) mass is 438 g/mol. The molecule has 0 bridgehead atoms. The van der Waals surface area contributed by atoms with E-state index in [0.29, 0.717) is 23.6 Å². The topological polar surface area (TPSA) is 93.0 Å². The third-order valence-corrected chi connectivity index (χ3v) is 5.46. The van der Waals surface area contributed by atoms with Gasteiger partial charge in [-0.25, -0.2) is 4.98 Å². The highest BCUT2D eigenvalue weighted by Gasteiger charge is 2.11. The highest BCUT2D eigenvalue weighted by atomic mass is 16.5. The lowest BCUT2D eigenvalue weighted by atomic mass is 10.1. The first-order valence-electron chi connectivity index (χ1n) is 10.6. The maximum absolute atomic E-state index is 12.8. The van der Waals surface area contributed by atoms with Crippen molar-refractivity contribution >= 4 is 22.6 Å². The van der Waals surface area contributed by atoms with Gasteiger partial charge in [0.1, 0.15) is 23.9 Å². The number of aromatic nitrogens is 3. The number of nitrogens with zero attached hydrogens (tertiary/aromatic N) is 2. The Hall–Kier alpha value is -4.39. The van der Waals surface area contributed by atoms with Crippen molar-refractivity contribution in [2.24, 2.45) is 0 Å². The molecule has 0 atom stereocenters. The lowest BCUT2D eigenvalue weighted by Crippen LogP contribution is -2.11. The predicted molar refractivity (Wildman–Crippen MR) is 126 cm³/mol. The SMILES string of the molecule is Cc1noc(C)c1COc1ccc(C(=O)Nc2cccc(-c3nc4ccccc4[nH]3)c2)cc1. The number of aromatic amines is 1. The fourth-order valence-electron chi connectivity index (χ4n) is 3.60. The van der Waals surface area contributed by atoms with Crippen molar-refractivity contribution in [3.63, 3.8) is 0 Å². The third-order valence-electron chi connectivity index (χ3n) is 5.46. The Bertz CT molecular complexity index is 1380. The van der Waals surface area contributed by atoms with Crippen molar-refractivity contribution in [3.05, 3.63) is 95.4 Å². The van der Waals surface area contributed by atoms with Crippen LogP contribution in [0.2, 0.25) is 0 Å². The van der Waals surface area contributed by atoms with E-state index in [4.69, 9.17) is 9.26 Å². The van der Waals surface area contributed by atoms with Crippen LogP contribution in [0.4, 0.5) is 5.69 Å². The van der Waals surface area contributed by atoms with Crippen LogP contribution in [-0.4, -0.2) is 21.0 Å². The molecule has 0 aliphatic heterocycles. The van der Waals surface area contributed by atoms with Crippen LogP contribution >= 0.6 is 0 Å². The fourth-order valence-corrected chi connectivity index (χ4v) is 3.60. The molecule has 0 aliphatic carbocycles. The second-order valence-corrected chi connectivity index (χ2v) is 7.75. The van der Waals surface area contributed by atoms with Crippen molar-refractivity contribution in [1.29, 1.82) is 0 Å². The molecule has 0 spiro atoms. The molecule has 164 valence electrons. The average molecular weight is 438 g/mol. The van der Waals surface area contributed by atoms with Gasteiger partial charge in [0.25, 0.3) is 5.91 Å². The molecule has 2 aromatic heterocycles. The number of rotatable bonds is 6. The summed E-state index contributed by atoms with van der Waals surface area (Å²) in [5.41, 5.74) is 5.74. The zero-order valence-electron chi connectivity index (χ0n) is 18.3. The number of nitrogens with one attached hydrogen (secondary N) is 2. The van der Waals surface area contributed by atoms with E-state index in [2.05, 4.69) is 20.4 Å². The molecule has 5 aromatic rings. The van der Waals surface area contributed by atoms with E-state index in [1.807, 2.05) is 62.4 Å². The van der Waals surface area contributed by atoms with Gasteiger partial charge in [0, 0.05) is 16.8 Å². The normalized spacial score (nSPS) is 11.0. The first-order chi connectivity index (χ1) is 16.1. The van der Waals surface area contributed by atoms with Crippen LogP contribution in [0, 0.1) is 13.8 Å². The number of aryl methyl sites for hydroxylation is 2. The Morgan fingerprint density at radius 1 is 1.03 bits per heavy atom. The first kappa shape index (κ1) is 20.5. The van der Waals surface area contributed by atoms with Crippen molar-refractivity contribution in [3.8, 4) is 17.1 Å². The van der Waals surface area contributed by atoms with Gasteiger partial charge in [0.05, 0.1) is 22.3 Å². The van der Waals surface area contributed by atoms with Gasteiger partial charge >= 0.3 is 0 Å². The summed E-state index contributed by atoms with van der Waals surface area (Å²) in [6.45, 7) is 4.10. The van der Waals surface area contributed by atoms with Crippen LogP contribution in [0.25, 0.3) is 22.4 Å². The smallest absolute Gasteiger partial charge is 0.255 e. The van der Waals surface area contributed by atoms with Gasteiger partial charge in [-0.05, 0) is 62.4 Å². The standard InChI is InChI=1S/C26H22N4O3/c1-16-22(17(2)33-30-16)15-32-21-12-10-18(11-13-21)26(31)27-20-7-5-6-19(14-20)25-28-23-8-3-4-9-24(23)29-25/h3-14H,15H2,1-2H3,(H,27,31)(H,28,29). The molecular weight excluding hydrogens is 416 g/mol. The summed E-state index contributed by atoms with van der Waals surface area (Å²) in [4.78, 5) is 20.7. The minimum atomic E-state index is -0.200. The molecule has 7 nitrogen and oxygen atoms in total. The molecule has 0 saturated heterocycles. The quantitative estimate of drug-likeness (QED) is 0.356.